The summed E-state index contributed by atoms with van der Waals surface area (Å²) in [6, 6.07) is 2.00. The average molecular weight is 208 g/mol. The molecule has 0 saturated carbocycles. The minimum Gasteiger partial charge on any atom is -0.351 e. The molecule has 1 amide bonds. The van der Waals surface area contributed by atoms with Crippen LogP contribution in [0.25, 0.3) is 0 Å². The van der Waals surface area contributed by atoms with Gasteiger partial charge in [-0.05, 0) is 13.0 Å². The number of amides is 1. The number of aromatic nitrogens is 2. The van der Waals surface area contributed by atoms with Gasteiger partial charge in [-0.15, -0.1) is 0 Å². The first kappa shape index (κ1) is 10.2. The van der Waals surface area contributed by atoms with E-state index in [1.54, 1.807) is 6.20 Å². The summed E-state index contributed by atoms with van der Waals surface area (Å²) in [6.45, 7) is 4.32. The van der Waals surface area contributed by atoms with E-state index in [0.717, 1.165) is 19.6 Å². The van der Waals surface area contributed by atoms with Crippen LogP contribution < -0.4 is 10.6 Å². The molecule has 15 heavy (non-hydrogen) atoms. The molecule has 1 saturated heterocycles. The Kier molecular flexibility index (Phi) is 3.01. The van der Waals surface area contributed by atoms with Gasteiger partial charge in [0.05, 0.1) is 12.5 Å². The summed E-state index contributed by atoms with van der Waals surface area (Å²) in [5.41, 5.74) is 0. The molecule has 0 spiro atoms. The molecule has 1 aliphatic heterocycles. The smallest absolute Gasteiger partial charge is 0.225 e. The van der Waals surface area contributed by atoms with Gasteiger partial charge < -0.3 is 10.6 Å². The summed E-state index contributed by atoms with van der Waals surface area (Å²) < 4.78 is 1.82. The van der Waals surface area contributed by atoms with Crippen LogP contribution in [-0.4, -0.2) is 34.8 Å². The number of nitrogens with one attached hydrogen (secondary N) is 2. The Morgan fingerprint density at radius 2 is 2.53 bits per heavy atom. The molecular formula is C10H16N4O. The van der Waals surface area contributed by atoms with E-state index in [0.29, 0.717) is 0 Å². The zero-order valence-electron chi connectivity index (χ0n) is 8.81. The van der Waals surface area contributed by atoms with E-state index in [1.165, 1.54) is 0 Å². The number of nitrogens with zero attached hydrogens (tertiary/aromatic N) is 2. The molecule has 1 aromatic heterocycles. The predicted octanol–water partition coefficient (Wildman–Crippen LogP) is -0.393. The average Bonchev–Trinajstić information content (AvgIpc) is 2.52. The Hall–Kier alpha value is -1.36. The minimum absolute atomic E-state index is 0.123. The van der Waals surface area contributed by atoms with Gasteiger partial charge in [0.25, 0.3) is 0 Å². The van der Waals surface area contributed by atoms with E-state index in [2.05, 4.69) is 15.7 Å². The van der Waals surface area contributed by atoms with Crippen LogP contribution in [-0.2, 0) is 11.3 Å². The Balaban J connectivity index is 1.76. The summed E-state index contributed by atoms with van der Waals surface area (Å²) in [5, 5.41) is 10.2. The zero-order valence-corrected chi connectivity index (χ0v) is 8.81. The maximum absolute atomic E-state index is 11.6. The van der Waals surface area contributed by atoms with Gasteiger partial charge >= 0.3 is 0 Å². The predicted molar refractivity (Wildman–Crippen MR) is 56.2 cm³/mol. The van der Waals surface area contributed by atoms with Gasteiger partial charge in [0, 0.05) is 31.5 Å². The van der Waals surface area contributed by atoms with Crippen LogP contribution in [0.3, 0.4) is 0 Å². The summed E-state index contributed by atoms with van der Waals surface area (Å²) in [7, 11) is 0. The van der Waals surface area contributed by atoms with Gasteiger partial charge in [-0.2, -0.15) is 5.10 Å². The van der Waals surface area contributed by atoms with Crippen LogP contribution >= 0.6 is 0 Å². The Labute approximate surface area is 88.8 Å². The van der Waals surface area contributed by atoms with Gasteiger partial charge in [0.2, 0.25) is 5.91 Å². The van der Waals surface area contributed by atoms with E-state index in [-0.39, 0.29) is 17.9 Å². The molecule has 5 heteroatoms. The molecule has 2 heterocycles. The number of carbonyl (C=O) groups is 1. The normalized spacial score (nSPS) is 18.2. The Morgan fingerprint density at radius 3 is 3.07 bits per heavy atom. The van der Waals surface area contributed by atoms with E-state index in [1.807, 2.05) is 23.9 Å². The van der Waals surface area contributed by atoms with Gasteiger partial charge in [-0.25, -0.2) is 0 Å². The highest BCUT2D eigenvalue weighted by molar-refractivity contribution is 5.80. The monoisotopic (exact) mass is 208 g/mol. The van der Waals surface area contributed by atoms with E-state index >= 15 is 0 Å². The van der Waals surface area contributed by atoms with Crippen molar-refractivity contribution in [2.45, 2.75) is 19.5 Å². The van der Waals surface area contributed by atoms with Crippen LogP contribution in [0.15, 0.2) is 18.5 Å². The van der Waals surface area contributed by atoms with E-state index < -0.39 is 0 Å². The number of carbonyl (C=O) groups excluding carboxylic acids is 1. The van der Waals surface area contributed by atoms with Crippen molar-refractivity contribution in [2.75, 3.05) is 13.1 Å². The number of hydrogen-bond acceptors (Lipinski definition) is 3. The van der Waals surface area contributed by atoms with Crippen molar-refractivity contribution in [1.29, 1.82) is 0 Å². The largest absolute Gasteiger partial charge is 0.351 e. The molecule has 5 nitrogen and oxygen atoms in total. The van der Waals surface area contributed by atoms with Crippen LogP contribution in [0.1, 0.15) is 6.92 Å². The molecule has 1 atom stereocenters. The first-order chi connectivity index (χ1) is 7.25. The van der Waals surface area contributed by atoms with Crippen LogP contribution in [0, 0.1) is 5.92 Å². The van der Waals surface area contributed by atoms with Crippen LogP contribution in [0.4, 0.5) is 0 Å². The van der Waals surface area contributed by atoms with Crippen molar-refractivity contribution in [3.63, 3.8) is 0 Å². The maximum atomic E-state index is 11.6. The topological polar surface area (TPSA) is 59.0 Å². The molecule has 1 aliphatic rings. The third kappa shape index (κ3) is 2.56. The van der Waals surface area contributed by atoms with Crippen molar-refractivity contribution in [3.05, 3.63) is 18.5 Å². The first-order valence-electron chi connectivity index (χ1n) is 5.24. The molecule has 0 aliphatic carbocycles. The lowest BCUT2D eigenvalue weighted by molar-refractivity contribution is -0.127. The lowest BCUT2D eigenvalue weighted by Crippen LogP contribution is -2.52. The third-order valence-corrected chi connectivity index (χ3v) is 2.56. The van der Waals surface area contributed by atoms with Crippen molar-refractivity contribution in [3.8, 4) is 0 Å². The molecule has 2 N–H and O–H groups in total. The highest BCUT2D eigenvalue weighted by Gasteiger charge is 2.25. The third-order valence-electron chi connectivity index (χ3n) is 2.56. The number of hydrogen-bond donors (Lipinski definition) is 2. The standard InChI is InChI=1S/C10H16N4O/c1-8(7-14-4-2-3-12-14)13-10(15)9-5-11-6-9/h2-4,8-9,11H,5-7H2,1H3,(H,13,15). The second kappa shape index (κ2) is 4.44. The van der Waals surface area contributed by atoms with Gasteiger partial charge in [0.15, 0.2) is 0 Å². The summed E-state index contributed by atoms with van der Waals surface area (Å²) in [4.78, 5) is 11.6. The molecular weight excluding hydrogens is 192 g/mol. The van der Waals surface area contributed by atoms with E-state index in [4.69, 9.17) is 0 Å². The molecule has 82 valence electrons. The molecule has 2 rings (SSSR count). The van der Waals surface area contributed by atoms with Crippen molar-refractivity contribution in [2.24, 2.45) is 5.92 Å². The fourth-order valence-corrected chi connectivity index (χ4v) is 1.57. The van der Waals surface area contributed by atoms with Gasteiger partial charge in [-0.3, -0.25) is 9.48 Å². The molecule has 0 aromatic carbocycles. The summed E-state index contributed by atoms with van der Waals surface area (Å²) >= 11 is 0. The van der Waals surface area contributed by atoms with Crippen molar-refractivity contribution < 1.29 is 4.79 Å². The summed E-state index contributed by atoms with van der Waals surface area (Å²) in [6.07, 6.45) is 3.64. The molecule has 1 fully saturated rings. The highest BCUT2D eigenvalue weighted by Crippen LogP contribution is 2.03. The summed E-state index contributed by atoms with van der Waals surface area (Å²) in [5.74, 6) is 0.304. The quantitative estimate of drug-likeness (QED) is 0.708. The molecule has 1 aromatic rings. The molecule has 0 radical (unpaired) electrons. The van der Waals surface area contributed by atoms with E-state index in [9.17, 15) is 4.79 Å². The van der Waals surface area contributed by atoms with Crippen molar-refractivity contribution >= 4 is 5.91 Å². The second-order valence-corrected chi connectivity index (χ2v) is 3.99. The molecule has 0 bridgehead atoms. The lowest BCUT2D eigenvalue weighted by atomic mass is 10.0. The van der Waals surface area contributed by atoms with Crippen molar-refractivity contribution in [1.82, 2.24) is 20.4 Å². The Morgan fingerprint density at radius 1 is 1.73 bits per heavy atom. The minimum atomic E-state index is 0.123. The molecule has 1 unspecified atom stereocenters. The zero-order chi connectivity index (χ0) is 10.7. The maximum Gasteiger partial charge on any atom is 0.225 e. The van der Waals surface area contributed by atoms with Crippen LogP contribution in [0.5, 0.6) is 0 Å². The lowest BCUT2D eigenvalue weighted by Gasteiger charge is -2.27. The SMILES string of the molecule is CC(Cn1cccn1)NC(=O)C1CNC1. The van der Waals surface area contributed by atoms with Gasteiger partial charge in [0.1, 0.15) is 0 Å². The first-order valence-corrected chi connectivity index (χ1v) is 5.24. The fraction of sp³-hybridized carbons (Fsp3) is 0.600. The second-order valence-electron chi connectivity index (χ2n) is 3.99. The Bertz CT molecular complexity index is 318. The fourth-order valence-electron chi connectivity index (χ4n) is 1.57. The van der Waals surface area contributed by atoms with Crippen LogP contribution in [0.2, 0.25) is 0 Å². The highest BCUT2D eigenvalue weighted by atomic mass is 16.2. The van der Waals surface area contributed by atoms with Gasteiger partial charge in [-0.1, -0.05) is 0 Å². The number of rotatable bonds is 4.